The molecule has 1 aromatic heterocycles. The molecule has 0 aromatic carbocycles. The minimum Gasteiger partial charge on any atom is -0.316 e. The minimum absolute atomic E-state index is 0.119. The predicted molar refractivity (Wildman–Crippen MR) is 41.1 cm³/mol. The van der Waals surface area contributed by atoms with Crippen LogP contribution in [-0.2, 0) is 6.54 Å². The molecular weight excluding hydrogens is 140 g/mol. The molecule has 0 bridgehead atoms. The third-order valence-corrected chi connectivity index (χ3v) is 1.47. The van der Waals surface area contributed by atoms with Gasteiger partial charge in [-0.15, -0.1) is 0 Å². The van der Waals surface area contributed by atoms with Gasteiger partial charge in [-0.25, -0.2) is 0 Å². The highest BCUT2D eigenvalue weighted by atomic mass is 16.1. The van der Waals surface area contributed by atoms with Gasteiger partial charge in [0, 0.05) is 18.8 Å². The molecule has 0 aliphatic heterocycles. The molecule has 3 nitrogen and oxygen atoms in total. The van der Waals surface area contributed by atoms with Crippen LogP contribution < -0.4 is 5.56 Å². The van der Waals surface area contributed by atoms with Crippen LogP contribution in [0.25, 0.3) is 0 Å². The van der Waals surface area contributed by atoms with Crippen molar-refractivity contribution in [1.29, 1.82) is 5.26 Å². The first-order chi connectivity index (χ1) is 5.27. The van der Waals surface area contributed by atoms with E-state index < -0.39 is 0 Å². The summed E-state index contributed by atoms with van der Waals surface area (Å²) in [5.41, 5.74) is 0.297. The molecule has 0 unspecified atom stereocenters. The van der Waals surface area contributed by atoms with Crippen LogP contribution in [0.3, 0.4) is 0 Å². The zero-order valence-electron chi connectivity index (χ0n) is 6.24. The lowest BCUT2D eigenvalue weighted by Crippen LogP contribution is -2.17. The van der Waals surface area contributed by atoms with Crippen molar-refractivity contribution < 1.29 is 0 Å². The zero-order chi connectivity index (χ0) is 8.27. The molecule has 0 atom stereocenters. The summed E-state index contributed by atoms with van der Waals surface area (Å²) in [6, 6.07) is 4.87. The van der Waals surface area contributed by atoms with E-state index in [2.05, 4.69) is 0 Å². The van der Waals surface area contributed by atoms with Crippen molar-refractivity contribution in [1.82, 2.24) is 4.57 Å². The van der Waals surface area contributed by atoms with E-state index >= 15 is 0 Å². The summed E-state index contributed by atoms with van der Waals surface area (Å²) in [4.78, 5) is 11.0. The van der Waals surface area contributed by atoms with Crippen molar-refractivity contribution in [2.75, 3.05) is 0 Å². The summed E-state index contributed by atoms with van der Waals surface area (Å²) < 4.78 is 1.54. The van der Waals surface area contributed by atoms with Crippen molar-refractivity contribution in [3.8, 4) is 6.07 Å². The second-order valence-corrected chi connectivity index (χ2v) is 2.15. The van der Waals surface area contributed by atoms with Gasteiger partial charge in [-0.3, -0.25) is 4.79 Å². The van der Waals surface area contributed by atoms with E-state index in [-0.39, 0.29) is 5.56 Å². The number of nitrogens with zero attached hydrogens (tertiary/aromatic N) is 2. The van der Waals surface area contributed by atoms with Gasteiger partial charge >= 0.3 is 0 Å². The van der Waals surface area contributed by atoms with Crippen LogP contribution in [0, 0.1) is 11.3 Å². The van der Waals surface area contributed by atoms with E-state index in [9.17, 15) is 4.79 Å². The van der Waals surface area contributed by atoms with E-state index in [0.717, 1.165) is 0 Å². The Morgan fingerprint density at radius 1 is 1.73 bits per heavy atom. The Labute approximate surface area is 64.5 Å². The third kappa shape index (κ3) is 1.47. The largest absolute Gasteiger partial charge is 0.316 e. The summed E-state index contributed by atoms with van der Waals surface area (Å²) in [5.74, 6) is 0. The fourth-order valence-corrected chi connectivity index (χ4v) is 0.839. The second-order valence-electron chi connectivity index (χ2n) is 2.15. The summed E-state index contributed by atoms with van der Waals surface area (Å²) >= 11 is 0. The van der Waals surface area contributed by atoms with Crippen LogP contribution in [0.15, 0.2) is 23.1 Å². The summed E-state index contributed by atoms with van der Waals surface area (Å²) in [5, 5.41) is 8.43. The molecular formula is C8H8N2O. The number of rotatable bonds is 1. The van der Waals surface area contributed by atoms with Gasteiger partial charge in [-0.2, -0.15) is 5.26 Å². The van der Waals surface area contributed by atoms with Gasteiger partial charge in [0.05, 0.1) is 11.6 Å². The van der Waals surface area contributed by atoms with Crippen molar-refractivity contribution >= 4 is 0 Å². The molecule has 11 heavy (non-hydrogen) atoms. The normalized spacial score (nSPS) is 9.09. The van der Waals surface area contributed by atoms with E-state index in [4.69, 9.17) is 5.26 Å². The van der Waals surface area contributed by atoms with E-state index in [1.54, 1.807) is 16.8 Å². The molecule has 3 heteroatoms. The maximum atomic E-state index is 11.0. The number of aromatic nitrogens is 1. The summed E-state index contributed by atoms with van der Waals surface area (Å²) in [6.07, 6.45) is 1.63. The molecule has 1 aromatic rings. The third-order valence-electron chi connectivity index (χ3n) is 1.47. The number of pyridine rings is 1. The van der Waals surface area contributed by atoms with Crippen LogP contribution in [-0.4, -0.2) is 4.57 Å². The summed E-state index contributed by atoms with van der Waals surface area (Å²) in [6.45, 7) is 2.53. The fourth-order valence-electron chi connectivity index (χ4n) is 0.839. The Balaban J connectivity index is 3.23. The van der Waals surface area contributed by atoms with Gasteiger partial charge in [0.25, 0.3) is 5.56 Å². The van der Waals surface area contributed by atoms with Gasteiger partial charge in [-0.05, 0) is 13.0 Å². The molecule has 0 saturated heterocycles. The van der Waals surface area contributed by atoms with Crippen molar-refractivity contribution in [2.24, 2.45) is 0 Å². The smallest absolute Gasteiger partial charge is 0.251 e. The van der Waals surface area contributed by atoms with Crippen molar-refractivity contribution in [3.05, 3.63) is 34.2 Å². The Hall–Kier alpha value is -1.56. The molecule has 0 radical (unpaired) electrons. The van der Waals surface area contributed by atoms with Gasteiger partial charge in [0.1, 0.15) is 0 Å². The van der Waals surface area contributed by atoms with Gasteiger partial charge < -0.3 is 4.57 Å². The number of nitriles is 1. The van der Waals surface area contributed by atoms with E-state index in [0.29, 0.717) is 12.1 Å². The molecule has 56 valence electrons. The maximum Gasteiger partial charge on any atom is 0.251 e. The monoisotopic (exact) mass is 148 g/mol. The highest BCUT2D eigenvalue weighted by molar-refractivity contribution is 5.25. The Kier molecular flexibility index (Phi) is 2.07. The molecule has 0 N–H and O–H groups in total. The molecule has 0 fully saturated rings. The lowest BCUT2D eigenvalue weighted by atomic mass is 10.3. The Bertz CT molecular complexity index is 346. The molecule has 1 rings (SSSR count). The van der Waals surface area contributed by atoms with Gasteiger partial charge in [0.2, 0.25) is 0 Å². The first-order valence-electron chi connectivity index (χ1n) is 3.38. The number of hydrogen-bond acceptors (Lipinski definition) is 2. The highest BCUT2D eigenvalue weighted by Gasteiger charge is 1.93. The van der Waals surface area contributed by atoms with Crippen molar-refractivity contribution in [3.63, 3.8) is 0 Å². The molecule has 0 aliphatic carbocycles. The molecule has 0 saturated carbocycles. The molecule has 0 amide bonds. The topological polar surface area (TPSA) is 45.8 Å². The van der Waals surface area contributed by atoms with Crippen LogP contribution in [0.5, 0.6) is 0 Å². The first kappa shape index (κ1) is 7.55. The predicted octanol–water partition coefficient (Wildman–Crippen LogP) is 0.740. The van der Waals surface area contributed by atoms with Crippen LogP contribution >= 0.6 is 0 Å². The van der Waals surface area contributed by atoms with Gasteiger partial charge in [0.15, 0.2) is 0 Å². The van der Waals surface area contributed by atoms with E-state index in [1.165, 1.54) is 6.07 Å². The second kappa shape index (κ2) is 3.02. The number of hydrogen-bond donors (Lipinski definition) is 0. The molecule has 1 heterocycles. The highest BCUT2D eigenvalue weighted by Crippen LogP contribution is 1.90. The zero-order valence-corrected chi connectivity index (χ0v) is 6.24. The Morgan fingerprint density at radius 2 is 2.45 bits per heavy atom. The molecule has 0 aliphatic rings. The lowest BCUT2D eigenvalue weighted by Gasteiger charge is -1.98. The SMILES string of the molecule is CCn1ccc(C#N)cc1=O. The van der Waals surface area contributed by atoms with Crippen molar-refractivity contribution in [2.45, 2.75) is 13.5 Å². The van der Waals surface area contributed by atoms with Gasteiger partial charge in [-0.1, -0.05) is 0 Å². The molecule has 0 spiro atoms. The van der Waals surface area contributed by atoms with E-state index in [1.807, 2.05) is 13.0 Å². The van der Waals surface area contributed by atoms with Crippen LogP contribution in [0.1, 0.15) is 12.5 Å². The standard InChI is InChI=1S/C8H8N2O/c1-2-10-4-3-7(6-9)5-8(10)11/h3-5H,2H2,1H3. The fraction of sp³-hybridized carbons (Fsp3) is 0.250. The van der Waals surface area contributed by atoms with Crippen LogP contribution in [0.4, 0.5) is 0 Å². The lowest BCUT2D eigenvalue weighted by molar-refractivity contribution is 0.726. The average Bonchev–Trinajstić information content (AvgIpc) is 2.04. The maximum absolute atomic E-state index is 11.0. The average molecular weight is 148 g/mol. The Morgan fingerprint density at radius 3 is 2.91 bits per heavy atom. The summed E-state index contributed by atoms with van der Waals surface area (Å²) in [7, 11) is 0. The minimum atomic E-state index is -0.119. The first-order valence-corrected chi connectivity index (χ1v) is 3.38. The number of aryl methyl sites for hydroxylation is 1. The van der Waals surface area contributed by atoms with Crippen LogP contribution in [0.2, 0.25) is 0 Å². The quantitative estimate of drug-likeness (QED) is 0.589.